The van der Waals surface area contributed by atoms with Crippen LogP contribution >= 0.6 is 11.3 Å². The van der Waals surface area contributed by atoms with Crippen LogP contribution in [0.4, 0.5) is 5.69 Å². The van der Waals surface area contributed by atoms with Gasteiger partial charge in [-0.05, 0) is 17.4 Å². The summed E-state index contributed by atoms with van der Waals surface area (Å²) in [6.45, 7) is 7.97. The van der Waals surface area contributed by atoms with Crippen LogP contribution in [0.1, 0.15) is 13.8 Å². The number of hydrogen-bond acceptors (Lipinski definition) is 3. The van der Waals surface area contributed by atoms with Crippen LogP contribution in [0.25, 0.3) is 0 Å². The van der Waals surface area contributed by atoms with E-state index in [0.29, 0.717) is 12.0 Å². The van der Waals surface area contributed by atoms with Crippen LogP contribution in [-0.4, -0.2) is 25.7 Å². The molecule has 78 valence electrons. The molecule has 1 aromatic heterocycles. The molecule has 0 aromatic carbocycles. The first-order valence-electron chi connectivity index (χ1n) is 5.28. The molecule has 1 aromatic rings. The number of rotatable bonds is 2. The highest BCUT2D eigenvalue weighted by Crippen LogP contribution is 2.24. The molecule has 0 amide bonds. The SMILES string of the molecule is CC(C)C1CNCCN1c1ccsc1. The number of piperazine rings is 1. The van der Waals surface area contributed by atoms with Crippen molar-refractivity contribution in [3.05, 3.63) is 16.8 Å². The van der Waals surface area contributed by atoms with Gasteiger partial charge in [-0.25, -0.2) is 0 Å². The van der Waals surface area contributed by atoms with Crippen molar-refractivity contribution in [1.82, 2.24) is 5.32 Å². The minimum absolute atomic E-state index is 0.651. The molecule has 1 atom stereocenters. The third kappa shape index (κ3) is 1.93. The Balaban J connectivity index is 2.14. The lowest BCUT2D eigenvalue weighted by atomic mass is 10.0. The van der Waals surface area contributed by atoms with Crippen LogP contribution in [0.5, 0.6) is 0 Å². The van der Waals surface area contributed by atoms with Crippen molar-refractivity contribution in [2.75, 3.05) is 24.5 Å². The molecule has 1 N–H and O–H groups in total. The Labute approximate surface area is 89.9 Å². The Bertz CT molecular complexity index is 269. The highest BCUT2D eigenvalue weighted by molar-refractivity contribution is 7.08. The molecular weight excluding hydrogens is 192 g/mol. The first kappa shape index (κ1) is 9.99. The van der Waals surface area contributed by atoms with Gasteiger partial charge in [0.1, 0.15) is 0 Å². The molecule has 14 heavy (non-hydrogen) atoms. The summed E-state index contributed by atoms with van der Waals surface area (Å²) in [6, 6.07) is 2.88. The molecule has 0 spiro atoms. The van der Waals surface area contributed by atoms with Gasteiger partial charge in [0, 0.05) is 36.7 Å². The van der Waals surface area contributed by atoms with Crippen LogP contribution in [0.15, 0.2) is 16.8 Å². The summed E-state index contributed by atoms with van der Waals surface area (Å²) >= 11 is 1.78. The van der Waals surface area contributed by atoms with Crippen LogP contribution in [0.3, 0.4) is 0 Å². The predicted molar refractivity (Wildman–Crippen MR) is 63.2 cm³/mol. The number of nitrogens with one attached hydrogen (secondary N) is 1. The topological polar surface area (TPSA) is 15.3 Å². The quantitative estimate of drug-likeness (QED) is 0.805. The van der Waals surface area contributed by atoms with Crippen molar-refractivity contribution in [2.45, 2.75) is 19.9 Å². The summed E-state index contributed by atoms with van der Waals surface area (Å²) in [7, 11) is 0. The fraction of sp³-hybridized carbons (Fsp3) is 0.636. The third-order valence-corrected chi connectivity index (χ3v) is 3.56. The minimum Gasteiger partial charge on any atom is -0.365 e. The maximum atomic E-state index is 3.47. The zero-order valence-corrected chi connectivity index (χ0v) is 9.68. The zero-order chi connectivity index (χ0) is 9.97. The van der Waals surface area contributed by atoms with Gasteiger partial charge in [-0.15, -0.1) is 0 Å². The lowest BCUT2D eigenvalue weighted by molar-refractivity contribution is 0.391. The average molecular weight is 210 g/mol. The van der Waals surface area contributed by atoms with E-state index in [2.05, 4.69) is 40.9 Å². The van der Waals surface area contributed by atoms with Crippen molar-refractivity contribution in [2.24, 2.45) is 5.92 Å². The molecule has 1 saturated heterocycles. The van der Waals surface area contributed by atoms with Gasteiger partial charge in [-0.2, -0.15) is 11.3 Å². The number of nitrogens with zero attached hydrogens (tertiary/aromatic N) is 1. The molecule has 3 heteroatoms. The van der Waals surface area contributed by atoms with E-state index >= 15 is 0 Å². The van der Waals surface area contributed by atoms with Gasteiger partial charge in [-0.1, -0.05) is 13.8 Å². The molecule has 1 unspecified atom stereocenters. The normalized spacial score (nSPS) is 23.1. The van der Waals surface area contributed by atoms with Gasteiger partial charge in [0.25, 0.3) is 0 Å². The van der Waals surface area contributed by atoms with Crippen molar-refractivity contribution in [1.29, 1.82) is 0 Å². The molecule has 2 rings (SSSR count). The second-order valence-corrected chi connectivity index (χ2v) is 4.97. The molecule has 2 nitrogen and oxygen atoms in total. The van der Waals surface area contributed by atoms with E-state index in [1.165, 1.54) is 5.69 Å². The Morgan fingerprint density at radius 1 is 1.57 bits per heavy atom. The Kier molecular flexibility index (Phi) is 3.08. The van der Waals surface area contributed by atoms with Gasteiger partial charge < -0.3 is 10.2 Å². The fourth-order valence-electron chi connectivity index (χ4n) is 2.06. The van der Waals surface area contributed by atoms with Crippen LogP contribution in [-0.2, 0) is 0 Å². The second-order valence-electron chi connectivity index (χ2n) is 4.19. The van der Waals surface area contributed by atoms with Gasteiger partial charge in [0.05, 0.1) is 0 Å². The summed E-state index contributed by atoms with van der Waals surface area (Å²) in [5.41, 5.74) is 1.40. The van der Waals surface area contributed by atoms with Crippen molar-refractivity contribution < 1.29 is 0 Å². The first-order chi connectivity index (χ1) is 6.79. The largest absolute Gasteiger partial charge is 0.365 e. The average Bonchev–Trinajstić information content (AvgIpc) is 2.70. The van der Waals surface area contributed by atoms with E-state index in [1.54, 1.807) is 11.3 Å². The summed E-state index contributed by atoms with van der Waals surface area (Å²) in [5.74, 6) is 0.711. The Hall–Kier alpha value is -0.540. The second kappa shape index (κ2) is 4.32. The smallest absolute Gasteiger partial charge is 0.0478 e. The minimum atomic E-state index is 0.651. The molecule has 1 aliphatic rings. The Morgan fingerprint density at radius 3 is 3.07 bits per heavy atom. The van der Waals surface area contributed by atoms with E-state index in [4.69, 9.17) is 0 Å². The van der Waals surface area contributed by atoms with Crippen molar-refractivity contribution in [3.8, 4) is 0 Å². The molecule has 2 heterocycles. The van der Waals surface area contributed by atoms with Crippen molar-refractivity contribution in [3.63, 3.8) is 0 Å². The molecule has 1 fully saturated rings. The van der Waals surface area contributed by atoms with Crippen LogP contribution in [0, 0.1) is 5.92 Å². The number of anilines is 1. The van der Waals surface area contributed by atoms with E-state index in [1.807, 2.05) is 0 Å². The molecule has 0 bridgehead atoms. The molecule has 0 saturated carbocycles. The van der Waals surface area contributed by atoms with Gasteiger partial charge >= 0.3 is 0 Å². The standard InChI is InChI=1S/C11H18N2S/c1-9(2)11-7-12-4-5-13(11)10-3-6-14-8-10/h3,6,8-9,11-12H,4-5,7H2,1-2H3. The van der Waals surface area contributed by atoms with E-state index < -0.39 is 0 Å². The predicted octanol–water partition coefficient (Wildman–Crippen LogP) is 2.18. The number of hydrogen-bond donors (Lipinski definition) is 1. The maximum absolute atomic E-state index is 3.47. The summed E-state index contributed by atoms with van der Waals surface area (Å²) in [6.07, 6.45) is 0. The van der Waals surface area contributed by atoms with Crippen molar-refractivity contribution >= 4 is 17.0 Å². The third-order valence-electron chi connectivity index (χ3n) is 2.89. The van der Waals surface area contributed by atoms with Gasteiger partial charge in [0.2, 0.25) is 0 Å². The highest BCUT2D eigenvalue weighted by atomic mass is 32.1. The summed E-state index contributed by atoms with van der Waals surface area (Å²) in [4.78, 5) is 2.54. The van der Waals surface area contributed by atoms with Gasteiger partial charge in [0.15, 0.2) is 0 Å². The summed E-state index contributed by atoms with van der Waals surface area (Å²) in [5, 5.41) is 7.88. The molecule has 1 aliphatic heterocycles. The van der Waals surface area contributed by atoms with E-state index in [-0.39, 0.29) is 0 Å². The van der Waals surface area contributed by atoms with E-state index in [0.717, 1.165) is 19.6 Å². The summed E-state index contributed by atoms with van der Waals surface area (Å²) < 4.78 is 0. The molecular formula is C11H18N2S. The zero-order valence-electron chi connectivity index (χ0n) is 8.86. The molecule has 0 aliphatic carbocycles. The Morgan fingerprint density at radius 2 is 2.43 bits per heavy atom. The molecule has 0 radical (unpaired) electrons. The lowest BCUT2D eigenvalue weighted by Crippen LogP contribution is -2.53. The maximum Gasteiger partial charge on any atom is 0.0478 e. The monoisotopic (exact) mass is 210 g/mol. The van der Waals surface area contributed by atoms with E-state index in [9.17, 15) is 0 Å². The van der Waals surface area contributed by atoms with Gasteiger partial charge in [-0.3, -0.25) is 0 Å². The fourth-order valence-corrected chi connectivity index (χ4v) is 2.71. The lowest BCUT2D eigenvalue weighted by Gasteiger charge is -2.39. The first-order valence-corrected chi connectivity index (χ1v) is 6.23. The number of thiophene rings is 1. The van der Waals surface area contributed by atoms with Crippen LogP contribution < -0.4 is 10.2 Å². The highest BCUT2D eigenvalue weighted by Gasteiger charge is 2.24. The van der Waals surface area contributed by atoms with Crippen LogP contribution in [0.2, 0.25) is 0 Å².